The molecule has 0 aromatic heterocycles. The lowest BCUT2D eigenvalue weighted by atomic mass is 9.95. The smallest absolute Gasteiger partial charge is 0.331 e. The first-order valence-corrected chi connectivity index (χ1v) is 11.9. The number of unbranched alkanes of at least 4 members (excludes halogenated alkanes) is 3. The summed E-state index contributed by atoms with van der Waals surface area (Å²) in [6.07, 6.45) is 9.07. The summed E-state index contributed by atoms with van der Waals surface area (Å²) in [5, 5.41) is 2.70. The lowest BCUT2D eigenvalue weighted by molar-refractivity contribution is -0.308. The summed E-state index contributed by atoms with van der Waals surface area (Å²) >= 11 is 0. The van der Waals surface area contributed by atoms with Gasteiger partial charge in [0.25, 0.3) is 0 Å². The predicted molar refractivity (Wildman–Crippen MR) is 127 cm³/mol. The van der Waals surface area contributed by atoms with Crippen LogP contribution in [0.3, 0.4) is 0 Å². The average molecular weight is 465 g/mol. The van der Waals surface area contributed by atoms with Crippen molar-refractivity contribution in [3.63, 3.8) is 0 Å². The molecular formula is C25H42N3O5+. The fraction of sp³-hybridized carbons (Fsp3) is 0.680. The highest BCUT2D eigenvalue weighted by atomic mass is 16.6. The number of nitrogens with one attached hydrogen (secondary N) is 1. The van der Waals surface area contributed by atoms with Crippen LogP contribution in [-0.2, 0) is 23.9 Å². The van der Waals surface area contributed by atoms with Gasteiger partial charge >= 0.3 is 11.9 Å². The largest absolute Gasteiger partial charge is 0.460 e. The third kappa shape index (κ3) is 10.3. The molecule has 186 valence electrons. The summed E-state index contributed by atoms with van der Waals surface area (Å²) in [4.78, 5) is 52.1. The fourth-order valence-electron chi connectivity index (χ4n) is 4.00. The van der Waals surface area contributed by atoms with Gasteiger partial charge in [0.15, 0.2) is 0 Å². The van der Waals surface area contributed by atoms with E-state index in [0.29, 0.717) is 25.8 Å². The van der Waals surface area contributed by atoms with E-state index in [4.69, 9.17) is 4.74 Å². The van der Waals surface area contributed by atoms with Gasteiger partial charge in [-0.2, -0.15) is 0 Å². The van der Waals surface area contributed by atoms with Crippen LogP contribution >= 0.6 is 0 Å². The minimum absolute atomic E-state index is 0.0150. The van der Waals surface area contributed by atoms with Crippen molar-refractivity contribution < 1.29 is 29.6 Å². The Kier molecular flexibility index (Phi) is 12.1. The molecule has 0 aliphatic carbocycles. The van der Waals surface area contributed by atoms with Crippen LogP contribution in [0.15, 0.2) is 25.3 Å². The molecule has 0 aromatic rings. The van der Waals surface area contributed by atoms with Gasteiger partial charge in [-0.05, 0) is 59.3 Å². The van der Waals surface area contributed by atoms with Crippen LogP contribution in [-0.4, -0.2) is 52.8 Å². The zero-order chi connectivity index (χ0) is 25.0. The van der Waals surface area contributed by atoms with E-state index in [1.54, 1.807) is 31.7 Å². The Balaban J connectivity index is 2.91. The van der Waals surface area contributed by atoms with Gasteiger partial charge in [-0.15, -0.1) is 13.2 Å². The van der Waals surface area contributed by atoms with E-state index in [9.17, 15) is 19.2 Å². The quantitative estimate of drug-likeness (QED) is 0.232. The van der Waals surface area contributed by atoms with Crippen LogP contribution < -0.4 is 11.1 Å². The summed E-state index contributed by atoms with van der Waals surface area (Å²) in [5.74, 6) is -1.94. The number of likely N-dealkylation sites (tertiary alicyclic amines) is 1. The molecule has 0 bridgehead atoms. The Morgan fingerprint density at radius 2 is 1.85 bits per heavy atom. The first kappa shape index (κ1) is 28.6. The van der Waals surface area contributed by atoms with Crippen molar-refractivity contribution in [2.75, 3.05) is 6.54 Å². The highest BCUT2D eigenvalue weighted by molar-refractivity contribution is 5.92. The number of carbonyl (C=O) groups is 4. The molecule has 1 heterocycles. The molecule has 4 N–H and O–H groups in total. The van der Waals surface area contributed by atoms with Crippen LogP contribution in [0.25, 0.3) is 0 Å². The highest BCUT2D eigenvalue weighted by Crippen LogP contribution is 2.26. The summed E-state index contributed by atoms with van der Waals surface area (Å²) < 4.78 is 5.45. The molecule has 1 rings (SSSR count). The van der Waals surface area contributed by atoms with Crippen LogP contribution in [0.1, 0.15) is 78.6 Å². The van der Waals surface area contributed by atoms with Gasteiger partial charge in [0.2, 0.25) is 11.8 Å². The zero-order valence-corrected chi connectivity index (χ0v) is 20.6. The van der Waals surface area contributed by atoms with Crippen LogP contribution in [0.5, 0.6) is 0 Å². The number of hydrogen-bond donors (Lipinski definition) is 2. The first-order valence-electron chi connectivity index (χ1n) is 11.9. The Labute approximate surface area is 198 Å². The van der Waals surface area contributed by atoms with Crippen molar-refractivity contribution in [1.29, 1.82) is 0 Å². The molecule has 0 radical (unpaired) electrons. The topological polar surface area (TPSA) is 120 Å². The van der Waals surface area contributed by atoms with Gasteiger partial charge in [0.05, 0.1) is 6.42 Å². The lowest BCUT2D eigenvalue weighted by Crippen LogP contribution is -2.67. The number of quaternary nitrogens is 1. The maximum atomic E-state index is 13.5. The van der Waals surface area contributed by atoms with Crippen molar-refractivity contribution in [3.8, 4) is 0 Å². The zero-order valence-electron chi connectivity index (χ0n) is 20.6. The number of hydrogen-bond acceptors (Lipinski definition) is 5. The number of rotatable bonds is 14. The fourth-order valence-corrected chi connectivity index (χ4v) is 4.00. The number of amides is 3. The van der Waals surface area contributed by atoms with Gasteiger partial charge in [0, 0.05) is 12.5 Å². The molecule has 3 atom stereocenters. The normalized spacial score (nSPS) is 17.7. The number of allylic oxidation sites excluding steroid dienone is 1. The maximum absolute atomic E-state index is 13.5. The first-order chi connectivity index (χ1) is 15.5. The molecule has 0 saturated carbocycles. The standard InChI is InChI=1S/C25H41N3O5/c1-6-8-9-10-11-14-18(17-21(29)33-25(3,4)5)24(32)28-16-12-15-20(28)23(31)27-19(13-7-2)22(26)30/h6-7,18-20H,1-2,8-17H2,3-5H3,(H2,26,30)(H,27,31)/p+1/t18-,19-,20+/m1/s1. The third-order valence-electron chi connectivity index (χ3n) is 5.59. The summed E-state index contributed by atoms with van der Waals surface area (Å²) in [6, 6.07) is -1.42. The van der Waals surface area contributed by atoms with Crippen LogP contribution in [0.2, 0.25) is 0 Å². The second-order valence-electron chi connectivity index (χ2n) is 9.66. The molecule has 1 fully saturated rings. The Hall–Kier alpha value is -2.48. The van der Waals surface area contributed by atoms with Crippen LogP contribution in [0, 0.1) is 5.92 Å². The van der Waals surface area contributed by atoms with Crippen LogP contribution in [0.4, 0.5) is 0 Å². The lowest BCUT2D eigenvalue weighted by Gasteiger charge is -2.29. The third-order valence-corrected chi connectivity index (χ3v) is 5.59. The molecule has 33 heavy (non-hydrogen) atoms. The Bertz CT molecular complexity index is 713. The van der Waals surface area contributed by atoms with Crippen molar-refractivity contribution in [3.05, 3.63) is 25.3 Å². The van der Waals surface area contributed by atoms with Gasteiger partial charge in [-0.1, -0.05) is 25.0 Å². The Morgan fingerprint density at radius 3 is 2.42 bits per heavy atom. The molecule has 3 amide bonds. The van der Waals surface area contributed by atoms with Gasteiger partial charge in [0.1, 0.15) is 17.7 Å². The number of nitrogens with zero attached hydrogens (tertiary/aromatic N) is 1. The molecule has 1 saturated heterocycles. The van der Waals surface area contributed by atoms with Crippen molar-refractivity contribution in [2.24, 2.45) is 5.92 Å². The molecule has 1 aliphatic heterocycles. The van der Waals surface area contributed by atoms with Crippen molar-refractivity contribution in [1.82, 2.24) is 10.2 Å². The summed E-state index contributed by atoms with van der Waals surface area (Å²) in [5.41, 5.74) is 2.76. The Morgan fingerprint density at radius 1 is 1.15 bits per heavy atom. The van der Waals surface area contributed by atoms with Crippen molar-refractivity contribution in [2.45, 2.75) is 96.2 Å². The number of carbonyl (C=O) groups excluding carboxylic acids is 4. The second-order valence-corrected chi connectivity index (χ2v) is 9.66. The SMILES string of the molecule is C=CCCCCC[C@H](CC(=O)OC(C)(C)C)C(=O)N1CCC[C@H]1C(=O)N[C@H](CC=C)C([NH3+])=O. The van der Waals surface area contributed by atoms with Gasteiger partial charge in [-0.25, -0.2) is 4.79 Å². The summed E-state index contributed by atoms with van der Waals surface area (Å²) in [6.45, 7) is 13.2. The molecule has 0 unspecified atom stereocenters. The monoisotopic (exact) mass is 464 g/mol. The average Bonchev–Trinajstić information content (AvgIpc) is 3.20. The van der Waals surface area contributed by atoms with E-state index in [0.717, 1.165) is 25.7 Å². The van der Waals surface area contributed by atoms with E-state index in [1.165, 1.54) is 0 Å². The van der Waals surface area contributed by atoms with E-state index in [2.05, 4.69) is 24.2 Å². The van der Waals surface area contributed by atoms with E-state index in [-0.39, 0.29) is 24.7 Å². The number of esters is 1. The van der Waals surface area contributed by atoms with Gasteiger partial charge in [-0.3, -0.25) is 20.1 Å². The molecule has 0 aromatic carbocycles. The van der Waals surface area contributed by atoms with Gasteiger partial charge < -0.3 is 15.0 Å². The van der Waals surface area contributed by atoms with E-state index in [1.807, 2.05) is 6.08 Å². The minimum atomic E-state index is -0.755. The molecule has 8 heteroatoms. The minimum Gasteiger partial charge on any atom is -0.460 e. The maximum Gasteiger partial charge on any atom is 0.331 e. The van der Waals surface area contributed by atoms with Crippen molar-refractivity contribution >= 4 is 23.7 Å². The second kappa shape index (κ2) is 13.9. The highest BCUT2D eigenvalue weighted by Gasteiger charge is 2.39. The predicted octanol–water partition coefficient (Wildman–Crippen LogP) is 2.29. The molecular weight excluding hydrogens is 422 g/mol. The van der Waals surface area contributed by atoms with E-state index >= 15 is 0 Å². The summed E-state index contributed by atoms with van der Waals surface area (Å²) in [7, 11) is 0. The van der Waals surface area contributed by atoms with E-state index < -0.39 is 35.5 Å². The molecule has 1 aliphatic rings. The molecule has 8 nitrogen and oxygen atoms in total. The number of ether oxygens (including phenoxy) is 1. The molecule has 0 spiro atoms.